The summed E-state index contributed by atoms with van der Waals surface area (Å²) in [6.45, 7) is 0.0529. The lowest BCUT2D eigenvalue weighted by atomic mass is 10.2. The second kappa shape index (κ2) is 5.14. The molecule has 9 nitrogen and oxygen atoms in total. The molecule has 0 bridgehead atoms. The summed E-state index contributed by atoms with van der Waals surface area (Å²) < 4.78 is 6.29. The summed E-state index contributed by atoms with van der Waals surface area (Å²) in [6.07, 6.45) is 1.46. The van der Waals surface area contributed by atoms with Gasteiger partial charge in [0.05, 0.1) is 23.8 Å². The number of carboxylic acids is 1. The molecule has 2 unspecified atom stereocenters. The predicted octanol–water partition coefficient (Wildman–Crippen LogP) is -0.216. The highest BCUT2D eigenvalue weighted by molar-refractivity contribution is 5.72. The van der Waals surface area contributed by atoms with Crippen molar-refractivity contribution in [3.05, 3.63) is 33.0 Å². The second-order valence-corrected chi connectivity index (χ2v) is 4.17. The van der Waals surface area contributed by atoms with Crippen LogP contribution in [0.15, 0.2) is 17.2 Å². The maximum Gasteiger partial charge on any atom is 0.348 e. The number of nitro groups is 1. The van der Waals surface area contributed by atoms with Crippen molar-refractivity contribution in [2.75, 3.05) is 0 Å². The minimum Gasteiger partial charge on any atom is -0.479 e. The van der Waals surface area contributed by atoms with Crippen LogP contribution < -0.4 is 5.69 Å². The van der Waals surface area contributed by atoms with Crippen LogP contribution in [-0.4, -0.2) is 37.8 Å². The fraction of sp³-hybridized carbons (Fsp3) is 0.500. The van der Waals surface area contributed by atoms with E-state index in [1.807, 2.05) is 0 Å². The average Bonchev–Trinajstić information content (AvgIpc) is 2.80. The van der Waals surface area contributed by atoms with E-state index in [-0.39, 0.29) is 12.2 Å². The fourth-order valence-electron chi connectivity index (χ4n) is 1.91. The molecule has 2 heterocycles. The first-order valence-electron chi connectivity index (χ1n) is 5.56. The van der Waals surface area contributed by atoms with Crippen molar-refractivity contribution in [1.29, 1.82) is 0 Å². The predicted molar refractivity (Wildman–Crippen MR) is 60.7 cm³/mol. The molecule has 0 aliphatic carbocycles. The van der Waals surface area contributed by atoms with Crippen molar-refractivity contribution in [2.45, 2.75) is 31.6 Å². The van der Waals surface area contributed by atoms with Gasteiger partial charge in [0.2, 0.25) is 0 Å². The fourth-order valence-corrected chi connectivity index (χ4v) is 1.91. The Morgan fingerprint density at radius 1 is 1.63 bits per heavy atom. The molecule has 102 valence electrons. The molecular formula is C10H11N3O6. The monoisotopic (exact) mass is 269 g/mol. The Morgan fingerprint density at radius 3 is 2.95 bits per heavy atom. The summed E-state index contributed by atoms with van der Waals surface area (Å²) in [5.74, 6) is -1.05. The molecule has 0 amide bonds. The third-order valence-electron chi connectivity index (χ3n) is 2.84. The minimum absolute atomic E-state index is 0.0529. The first kappa shape index (κ1) is 13.1. The molecule has 1 aromatic heterocycles. The van der Waals surface area contributed by atoms with Crippen molar-refractivity contribution >= 4 is 11.7 Å². The lowest BCUT2D eigenvalue weighted by Crippen LogP contribution is -2.29. The zero-order valence-electron chi connectivity index (χ0n) is 9.76. The largest absolute Gasteiger partial charge is 0.479 e. The summed E-state index contributed by atoms with van der Waals surface area (Å²) >= 11 is 0. The van der Waals surface area contributed by atoms with Crippen LogP contribution in [0.4, 0.5) is 5.69 Å². The van der Waals surface area contributed by atoms with Crippen LogP contribution in [0.2, 0.25) is 0 Å². The highest BCUT2D eigenvalue weighted by atomic mass is 16.6. The number of carbonyl (C=O) groups is 1. The SMILES string of the molecule is O=C(O)C1CCC(Cn2cc([N+](=O)[O-])cnc2=O)O1. The lowest BCUT2D eigenvalue weighted by molar-refractivity contribution is -0.385. The van der Waals surface area contributed by atoms with E-state index in [4.69, 9.17) is 9.84 Å². The number of hydrogen-bond donors (Lipinski definition) is 1. The molecule has 0 radical (unpaired) electrons. The van der Waals surface area contributed by atoms with Crippen molar-refractivity contribution in [3.63, 3.8) is 0 Å². The Labute approximate surface area is 106 Å². The minimum atomic E-state index is -1.05. The zero-order valence-corrected chi connectivity index (χ0v) is 9.76. The van der Waals surface area contributed by atoms with Gasteiger partial charge in [-0.05, 0) is 12.8 Å². The van der Waals surface area contributed by atoms with Gasteiger partial charge in [0.15, 0.2) is 6.10 Å². The van der Waals surface area contributed by atoms with Crippen LogP contribution in [0.3, 0.4) is 0 Å². The Bertz CT molecular complexity index is 569. The van der Waals surface area contributed by atoms with Gasteiger partial charge in [0.25, 0.3) is 0 Å². The van der Waals surface area contributed by atoms with Crippen molar-refractivity contribution < 1.29 is 19.6 Å². The first-order valence-corrected chi connectivity index (χ1v) is 5.56. The Kier molecular flexibility index (Phi) is 3.56. The van der Waals surface area contributed by atoms with Crippen LogP contribution >= 0.6 is 0 Å². The van der Waals surface area contributed by atoms with Crippen molar-refractivity contribution in [1.82, 2.24) is 9.55 Å². The number of carboxylic acid groups (broad SMARTS) is 1. The van der Waals surface area contributed by atoms with Crippen LogP contribution in [0.25, 0.3) is 0 Å². The van der Waals surface area contributed by atoms with E-state index >= 15 is 0 Å². The summed E-state index contributed by atoms with van der Waals surface area (Å²) in [7, 11) is 0. The van der Waals surface area contributed by atoms with E-state index < -0.39 is 28.8 Å². The maximum absolute atomic E-state index is 11.5. The Hall–Kier alpha value is -2.29. The van der Waals surface area contributed by atoms with Gasteiger partial charge >= 0.3 is 17.3 Å². The molecule has 2 atom stereocenters. The van der Waals surface area contributed by atoms with Crippen LogP contribution in [0.5, 0.6) is 0 Å². The number of rotatable bonds is 4. The van der Waals surface area contributed by atoms with E-state index in [0.717, 1.165) is 17.0 Å². The molecular weight excluding hydrogens is 258 g/mol. The Balaban J connectivity index is 2.11. The summed E-state index contributed by atoms with van der Waals surface area (Å²) in [6, 6.07) is 0. The molecule has 0 saturated carbocycles. The van der Waals surface area contributed by atoms with Crippen LogP contribution in [-0.2, 0) is 16.1 Å². The zero-order chi connectivity index (χ0) is 14.0. The molecule has 1 aliphatic rings. The molecule has 0 aromatic carbocycles. The molecule has 2 rings (SSSR count). The highest BCUT2D eigenvalue weighted by Gasteiger charge is 2.30. The normalized spacial score (nSPS) is 22.3. The third-order valence-corrected chi connectivity index (χ3v) is 2.84. The van der Waals surface area contributed by atoms with Gasteiger partial charge in [-0.2, -0.15) is 4.98 Å². The third kappa shape index (κ3) is 2.94. The smallest absolute Gasteiger partial charge is 0.348 e. The van der Waals surface area contributed by atoms with Crippen LogP contribution in [0, 0.1) is 10.1 Å². The van der Waals surface area contributed by atoms with E-state index in [0.29, 0.717) is 12.8 Å². The highest BCUT2D eigenvalue weighted by Crippen LogP contribution is 2.21. The standard InChI is InChI=1S/C10H11N3O6/c14-9(15)8-2-1-7(19-8)5-12-4-6(13(17)18)3-11-10(12)16/h3-4,7-8H,1-2,5H2,(H,14,15). The molecule has 19 heavy (non-hydrogen) atoms. The topological polar surface area (TPSA) is 125 Å². The molecule has 1 fully saturated rings. The molecule has 0 spiro atoms. The van der Waals surface area contributed by atoms with E-state index in [1.165, 1.54) is 0 Å². The number of nitrogens with zero attached hydrogens (tertiary/aromatic N) is 3. The second-order valence-electron chi connectivity index (χ2n) is 4.17. The number of aromatic nitrogens is 2. The van der Waals surface area contributed by atoms with Gasteiger partial charge in [0.1, 0.15) is 6.20 Å². The first-order chi connectivity index (χ1) is 8.97. The number of ether oxygens (including phenoxy) is 1. The summed E-state index contributed by atoms with van der Waals surface area (Å²) in [5, 5.41) is 19.4. The van der Waals surface area contributed by atoms with Gasteiger partial charge in [-0.25, -0.2) is 9.59 Å². The molecule has 1 saturated heterocycles. The lowest BCUT2D eigenvalue weighted by Gasteiger charge is -2.12. The van der Waals surface area contributed by atoms with Crippen molar-refractivity contribution in [2.24, 2.45) is 0 Å². The average molecular weight is 269 g/mol. The van der Waals surface area contributed by atoms with Crippen molar-refractivity contribution in [3.8, 4) is 0 Å². The molecule has 9 heteroatoms. The summed E-state index contributed by atoms with van der Waals surface area (Å²) in [5.41, 5.74) is -0.930. The van der Waals surface area contributed by atoms with E-state index in [2.05, 4.69) is 4.98 Å². The van der Waals surface area contributed by atoms with Gasteiger partial charge in [-0.15, -0.1) is 0 Å². The van der Waals surface area contributed by atoms with Gasteiger partial charge < -0.3 is 9.84 Å². The molecule has 1 N–H and O–H groups in total. The number of aliphatic carboxylic acids is 1. The Morgan fingerprint density at radius 2 is 2.37 bits per heavy atom. The number of hydrogen-bond acceptors (Lipinski definition) is 6. The summed E-state index contributed by atoms with van der Waals surface area (Å²) in [4.78, 5) is 35.5. The maximum atomic E-state index is 11.5. The van der Waals surface area contributed by atoms with E-state index in [9.17, 15) is 19.7 Å². The molecule has 1 aromatic rings. The van der Waals surface area contributed by atoms with E-state index in [1.54, 1.807) is 0 Å². The van der Waals surface area contributed by atoms with Gasteiger partial charge in [-0.1, -0.05) is 0 Å². The van der Waals surface area contributed by atoms with Gasteiger partial charge in [-0.3, -0.25) is 14.7 Å². The van der Waals surface area contributed by atoms with Gasteiger partial charge in [0, 0.05) is 0 Å². The quantitative estimate of drug-likeness (QED) is 0.591. The molecule has 1 aliphatic heterocycles. The van der Waals surface area contributed by atoms with Crippen LogP contribution in [0.1, 0.15) is 12.8 Å².